The van der Waals surface area contributed by atoms with Crippen molar-refractivity contribution in [3.05, 3.63) is 58.2 Å². The first-order valence-electron chi connectivity index (χ1n) is 11.7. The number of halogens is 1. The van der Waals surface area contributed by atoms with Gasteiger partial charge in [-0.05, 0) is 60.2 Å². The maximum Gasteiger partial charge on any atom is 0.326 e. The van der Waals surface area contributed by atoms with Gasteiger partial charge in [-0.1, -0.05) is 49.7 Å². The Morgan fingerprint density at radius 1 is 1.06 bits per heavy atom. The van der Waals surface area contributed by atoms with Gasteiger partial charge in [0.25, 0.3) is 5.91 Å². The zero-order valence-electron chi connectivity index (χ0n) is 21.3. The fourth-order valence-corrected chi connectivity index (χ4v) is 4.44. The molecule has 0 fully saturated rings. The Kier molecular flexibility index (Phi) is 8.79. The van der Waals surface area contributed by atoms with Gasteiger partial charge >= 0.3 is 5.97 Å². The second kappa shape index (κ2) is 11.6. The third kappa shape index (κ3) is 5.90. The van der Waals surface area contributed by atoms with E-state index in [1.165, 1.54) is 0 Å². The summed E-state index contributed by atoms with van der Waals surface area (Å²) in [6, 6.07) is 11.9. The van der Waals surface area contributed by atoms with Crippen molar-refractivity contribution in [2.75, 3.05) is 14.2 Å². The predicted molar refractivity (Wildman–Crippen MR) is 142 cm³/mol. The molecule has 0 aliphatic carbocycles. The summed E-state index contributed by atoms with van der Waals surface area (Å²) < 4.78 is 13.9. The number of nitrogens with one attached hydrogen (secondary N) is 1. The van der Waals surface area contributed by atoms with Crippen LogP contribution in [0.5, 0.6) is 11.5 Å². The third-order valence-corrected chi connectivity index (χ3v) is 6.27. The van der Waals surface area contributed by atoms with Gasteiger partial charge in [0.1, 0.15) is 17.5 Å². The number of carboxylic acids is 1. The van der Waals surface area contributed by atoms with E-state index in [1.54, 1.807) is 25.0 Å². The van der Waals surface area contributed by atoms with E-state index in [4.69, 9.17) is 9.47 Å². The average Bonchev–Trinajstić information content (AvgIpc) is 3.27. The van der Waals surface area contributed by atoms with Gasteiger partial charge in [0.15, 0.2) is 5.69 Å². The number of aromatic nitrogens is 2. The second-order valence-electron chi connectivity index (χ2n) is 9.22. The molecule has 0 aliphatic rings. The SMILES string of the molecule is COc1cccc(OC)c1-c1cc(C(=O)N[C@@H](CC(C)C)C(=O)O)nn1-c1ccc(Br)cc1C(C)C. The molecule has 192 valence electrons. The first-order valence-corrected chi connectivity index (χ1v) is 12.5. The lowest BCUT2D eigenvalue weighted by atomic mass is 10.0. The first kappa shape index (κ1) is 27.3. The summed E-state index contributed by atoms with van der Waals surface area (Å²) >= 11 is 3.55. The molecule has 0 unspecified atom stereocenters. The van der Waals surface area contributed by atoms with Crippen LogP contribution in [0.2, 0.25) is 0 Å². The van der Waals surface area contributed by atoms with Crippen LogP contribution in [0.25, 0.3) is 16.9 Å². The number of amides is 1. The summed E-state index contributed by atoms with van der Waals surface area (Å²) in [5.41, 5.74) is 3.09. The molecule has 3 rings (SSSR count). The fourth-order valence-electron chi connectivity index (χ4n) is 4.06. The van der Waals surface area contributed by atoms with Crippen LogP contribution >= 0.6 is 15.9 Å². The molecule has 8 nitrogen and oxygen atoms in total. The summed E-state index contributed by atoms with van der Waals surface area (Å²) in [5.74, 6) is -0.302. The van der Waals surface area contributed by atoms with Crippen molar-refractivity contribution in [2.45, 2.75) is 46.1 Å². The van der Waals surface area contributed by atoms with Gasteiger partial charge < -0.3 is 19.9 Å². The van der Waals surface area contributed by atoms with Crippen molar-refractivity contribution in [3.8, 4) is 28.4 Å². The summed E-state index contributed by atoms with van der Waals surface area (Å²) in [5, 5.41) is 16.9. The Balaban J connectivity index is 2.24. The summed E-state index contributed by atoms with van der Waals surface area (Å²) in [6.45, 7) is 7.97. The van der Waals surface area contributed by atoms with E-state index >= 15 is 0 Å². The Labute approximate surface area is 219 Å². The number of benzene rings is 2. The molecule has 0 radical (unpaired) electrons. The molecule has 0 aliphatic heterocycles. The molecule has 0 spiro atoms. The monoisotopic (exact) mass is 557 g/mol. The number of carboxylic acid groups (broad SMARTS) is 1. The number of methoxy groups -OCH3 is 2. The number of carbonyl (C=O) groups excluding carboxylic acids is 1. The minimum Gasteiger partial charge on any atom is -0.496 e. The maximum atomic E-state index is 13.2. The molecule has 0 bridgehead atoms. The van der Waals surface area contributed by atoms with Crippen LogP contribution in [0.1, 0.15) is 56.1 Å². The van der Waals surface area contributed by atoms with E-state index < -0.39 is 17.9 Å². The van der Waals surface area contributed by atoms with Crippen molar-refractivity contribution >= 4 is 27.8 Å². The second-order valence-corrected chi connectivity index (χ2v) is 10.1. The highest BCUT2D eigenvalue weighted by Gasteiger charge is 2.27. The molecular weight excluding hydrogens is 526 g/mol. The lowest BCUT2D eigenvalue weighted by Gasteiger charge is -2.18. The van der Waals surface area contributed by atoms with Gasteiger partial charge in [0.2, 0.25) is 0 Å². The largest absolute Gasteiger partial charge is 0.496 e. The predicted octanol–water partition coefficient (Wildman–Crippen LogP) is 5.67. The lowest BCUT2D eigenvalue weighted by Crippen LogP contribution is -2.41. The minimum atomic E-state index is -1.09. The van der Waals surface area contributed by atoms with Gasteiger partial charge in [-0.25, -0.2) is 9.48 Å². The summed E-state index contributed by atoms with van der Waals surface area (Å²) in [7, 11) is 3.13. The van der Waals surface area contributed by atoms with Crippen LogP contribution < -0.4 is 14.8 Å². The molecular formula is C27H32BrN3O5. The Hall–Kier alpha value is -3.33. The summed E-state index contributed by atoms with van der Waals surface area (Å²) in [6.07, 6.45) is 0.305. The van der Waals surface area contributed by atoms with E-state index in [9.17, 15) is 14.7 Å². The highest BCUT2D eigenvalue weighted by molar-refractivity contribution is 9.10. The standard InChI is InChI=1S/C27H32BrN3O5/c1-15(2)12-20(27(33)34)29-26(32)19-14-22(25-23(35-5)8-7-9-24(25)36-6)31(30-19)21-11-10-17(28)13-18(21)16(3)4/h7-11,13-16,20H,12H2,1-6H3,(H,29,32)(H,33,34)/t20-/m0/s1. The van der Waals surface area contributed by atoms with E-state index in [0.29, 0.717) is 29.2 Å². The van der Waals surface area contributed by atoms with E-state index in [0.717, 1.165) is 15.7 Å². The maximum absolute atomic E-state index is 13.2. The smallest absolute Gasteiger partial charge is 0.326 e. The Bertz CT molecular complexity index is 1230. The van der Waals surface area contributed by atoms with Crippen molar-refractivity contribution in [1.82, 2.24) is 15.1 Å². The molecule has 1 heterocycles. The van der Waals surface area contributed by atoms with Crippen LogP contribution in [0, 0.1) is 5.92 Å². The molecule has 1 atom stereocenters. The van der Waals surface area contributed by atoms with Gasteiger partial charge in [0.05, 0.1) is 31.2 Å². The fraction of sp³-hybridized carbons (Fsp3) is 0.370. The van der Waals surface area contributed by atoms with Gasteiger partial charge in [0, 0.05) is 4.47 Å². The topological polar surface area (TPSA) is 103 Å². The number of hydrogen-bond acceptors (Lipinski definition) is 5. The molecule has 0 saturated carbocycles. The third-order valence-electron chi connectivity index (χ3n) is 5.78. The zero-order valence-corrected chi connectivity index (χ0v) is 22.9. The minimum absolute atomic E-state index is 0.0885. The van der Waals surface area contributed by atoms with Crippen LogP contribution in [-0.2, 0) is 4.79 Å². The van der Waals surface area contributed by atoms with Crippen LogP contribution in [0.3, 0.4) is 0 Å². The Morgan fingerprint density at radius 3 is 2.22 bits per heavy atom. The van der Waals surface area contributed by atoms with Crippen molar-refractivity contribution in [2.24, 2.45) is 5.92 Å². The van der Waals surface area contributed by atoms with Gasteiger partial charge in [-0.2, -0.15) is 5.10 Å². The van der Waals surface area contributed by atoms with Crippen molar-refractivity contribution in [3.63, 3.8) is 0 Å². The summed E-state index contributed by atoms with van der Waals surface area (Å²) in [4.78, 5) is 25.0. The molecule has 1 aromatic heterocycles. The highest BCUT2D eigenvalue weighted by Crippen LogP contribution is 2.40. The normalized spacial score (nSPS) is 12.0. The quantitative estimate of drug-likeness (QED) is 0.333. The van der Waals surface area contributed by atoms with Gasteiger partial charge in [-0.15, -0.1) is 0 Å². The average molecular weight is 558 g/mol. The molecule has 1 amide bonds. The molecule has 2 aromatic carbocycles. The van der Waals surface area contributed by atoms with E-state index in [-0.39, 0.29) is 17.5 Å². The molecule has 9 heteroatoms. The van der Waals surface area contributed by atoms with Crippen LogP contribution in [0.4, 0.5) is 0 Å². The number of hydrogen-bond donors (Lipinski definition) is 2. The van der Waals surface area contributed by atoms with Gasteiger partial charge in [-0.3, -0.25) is 4.79 Å². The van der Waals surface area contributed by atoms with E-state index in [2.05, 4.69) is 40.2 Å². The van der Waals surface area contributed by atoms with E-state index in [1.807, 2.05) is 50.2 Å². The number of nitrogens with zero attached hydrogens (tertiary/aromatic N) is 2. The molecule has 3 aromatic rings. The first-order chi connectivity index (χ1) is 17.1. The Morgan fingerprint density at radius 2 is 1.69 bits per heavy atom. The van der Waals surface area contributed by atoms with Crippen molar-refractivity contribution < 1.29 is 24.2 Å². The zero-order chi connectivity index (χ0) is 26.6. The van der Waals surface area contributed by atoms with Crippen LogP contribution in [0.15, 0.2) is 46.9 Å². The highest BCUT2D eigenvalue weighted by atomic mass is 79.9. The number of ether oxygens (including phenoxy) is 2. The lowest BCUT2D eigenvalue weighted by molar-refractivity contribution is -0.139. The van der Waals surface area contributed by atoms with Crippen molar-refractivity contribution in [1.29, 1.82) is 0 Å². The number of aliphatic carboxylic acids is 1. The molecule has 0 saturated heterocycles. The van der Waals surface area contributed by atoms with Crippen LogP contribution in [-0.4, -0.2) is 47.0 Å². The molecule has 36 heavy (non-hydrogen) atoms. The number of rotatable bonds is 10. The number of carbonyl (C=O) groups is 2. The molecule has 2 N–H and O–H groups in total.